The van der Waals surface area contributed by atoms with E-state index in [-0.39, 0.29) is 12.0 Å². The summed E-state index contributed by atoms with van der Waals surface area (Å²) in [4.78, 5) is 15.8. The first-order chi connectivity index (χ1) is 12.6. The number of aryl methyl sites for hydroxylation is 1. The molecule has 0 saturated carbocycles. The molecular weight excluding hydrogens is 328 g/mol. The molecule has 1 N–H and O–H groups in total. The van der Waals surface area contributed by atoms with Crippen LogP contribution in [0.15, 0.2) is 47.5 Å². The number of hydrogen-bond acceptors (Lipinski definition) is 6. The third-order valence-electron chi connectivity index (χ3n) is 4.98. The molecule has 3 aromatic rings. The SMILES string of the molecule is Cc1cnccc1-c1cnc(N2CC[C@@H](O)[C@H](C)C2)nc1-c1ccco1. The fourth-order valence-corrected chi connectivity index (χ4v) is 3.41. The summed E-state index contributed by atoms with van der Waals surface area (Å²) < 4.78 is 5.64. The standard InChI is InChI=1S/C20H22N4O2/c1-13-10-21-7-5-15(13)16-11-22-20(23-19(16)18-4-3-9-26-18)24-8-6-17(25)14(2)12-24/h3-5,7,9-11,14,17,25H,6,8,12H2,1-2H3/t14-,17-/m1/s1. The van der Waals surface area contributed by atoms with Gasteiger partial charge in [-0.3, -0.25) is 4.98 Å². The lowest BCUT2D eigenvalue weighted by atomic mass is 9.97. The van der Waals surface area contributed by atoms with Gasteiger partial charge in [0, 0.05) is 37.2 Å². The maximum Gasteiger partial charge on any atom is 0.226 e. The summed E-state index contributed by atoms with van der Waals surface area (Å²) in [6.45, 7) is 5.57. The first-order valence-corrected chi connectivity index (χ1v) is 8.88. The highest BCUT2D eigenvalue weighted by atomic mass is 16.3. The van der Waals surface area contributed by atoms with Crippen molar-refractivity contribution in [3.63, 3.8) is 0 Å². The third kappa shape index (κ3) is 3.08. The van der Waals surface area contributed by atoms with Crippen LogP contribution < -0.4 is 4.90 Å². The number of aromatic nitrogens is 3. The molecule has 4 heterocycles. The zero-order chi connectivity index (χ0) is 18.1. The molecule has 0 bridgehead atoms. The summed E-state index contributed by atoms with van der Waals surface area (Å²) in [7, 11) is 0. The molecule has 1 saturated heterocycles. The van der Waals surface area contributed by atoms with Crippen molar-refractivity contribution in [2.24, 2.45) is 5.92 Å². The molecule has 1 aliphatic rings. The minimum Gasteiger partial charge on any atom is -0.463 e. The van der Waals surface area contributed by atoms with E-state index < -0.39 is 0 Å². The number of aliphatic hydroxyl groups is 1. The molecule has 1 aliphatic heterocycles. The summed E-state index contributed by atoms with van der Waals surface area (Å²) in [5.74, 6) is 1.58. The normalized spacial score (nSPS) is 20.3. The molecule has 0 amide bonds. The minimum atomic E-state index is -0.255. The minimum absolute atomic E-state index is 0.196. The van der Waals surface area contributed by atoms with Crippen LogP contribution in [0, 0.1) is 12.8 Å². The zero-order valence-corrected chi connectivity index (χ0v) is 15.0. The molecule has 26 heavy (non-hydrogen) atoms. The predicted octanol–water partition coefficient (Wildman–Crippen LogP) is 3.31. The Morgan fingerprint density at radius 2 is 2.12 bits per heavy atom. The molecule has 0 aliphatic carbocycles. The second kappa shape index (κ2) is 6.88. The van der Waals surface area contributed by atoms with E-state index in [9.17, 15) is 5.11 Å². The van der Waals surface area contributed by atoms with Crippen LogP contribution in [0.25, 0.3) is 22.6 Å². The van der Waals surface area contributed by atoms with Crippen molar-refractivity contribution in [3.05, 3.63) is 48.6 Å². The van der Waals surface area contributed by atoms with Gasteiger partial charge in [-0.2, -0.15) is 0 Å². The third-order valence-corrected chi connectivity index (χ3v) is 4.98. The summed E-state index contributed by atoms with van der Waals surface area (Å²) in [5.41, 5.74) is 3.80. The first kappa shape index (κ1) is 16.7. The van der Waals surface area contributed by atoms with Gasteiger partial charge in [-0.05, 0) is 48.6 Å². The Bertz CT molecular complexity index is 895. The van der Waals surface area contributed by atoms with Gasteiger partial charge in [0.25, 0.3) is 0 Å². The Morgan fingerprint density at radius 3 is 2.85 bits per heavy atom. The summed E-state index contributed by atoms with van der Waals surface area (Å²) >= 11 is 0. The monoisotopic (exact) mass is 350 g/mol. The van der Waals surface area contributed by atoms with E-state index in [0.717, 1.165) is 41.9 Å². The van der Waals surface area contributed by atoms with Gasteiger partial charge in [0.1, 0.15) is 5.69 Å². The van der Waals surface area contributed by atoms with Gasteiger partial charge in [-0.15, -0.1) is 0 Å². The molecule has 6 nitrogen and oxygen atoms in total. The number of pyridine rings is 1. The lowest BCUT2D eigenvalue weighted by Gasteiger charge is -2.34. The highest BCUT2D eigenvalue weighted by Crippen LogP contribution is 2.33. The predicted molar refractivity (Wildman–Crippen MR) is 99.7 cm³/mol. The van der Waals surface area contributed by atoms with Crippen molar-refractivity contribution in [2.75, 3.05) is 18.0 Å². The Balaban J connectivity index is 1.78. The van der Waals surface area contributed by atoms with Gasteiger partial charge in [-0.1, -0.05) is 6.92 Å². The summed E-state index contributed by atoms with van der Waals surface area (Å²) in [5, 5.41) is 9.98. The summed E-state index contributed by atoms with van der Waals surface area (Å²) in [6.07, 6.45) is 7.59. The van der Waals surface area contributed by atoms with E-state index in [1.165, 1.54) is 0 Å². The van der Waals surface area contributed by atoms with Crippen LogP contribution in [0.2, 0.25) is 0 Å². The van der Waals surface area contributed by atoms with Crippen LogP contribution in [-0.4, -0.2) is 39.3 Å². The van der Waals surface area contributed by atoms with Crippen molar-refractivity contribution < 1.29 is 9.52 Å². The van der Waals surface area contributed by atoms with Crippen LogP contribution in [-0.2, 0) is 0 Å². The molecule has 0 unspecified atom stereocenters. The number of hydrogen-bond donors (Lipinski definition) is 1. The first-order valence-electron chi connectivity index (χ1n) is 8.88. The molecule has 6 heteroatoms. The number of aliphatic hydroxyl groups excluding tert-OH is 1. The Morgan fingerprint density at radius 1 is 1.23 bits per heavy atom. The van der Waals surface area contributed by atoms with Crippen LogP contribution >= 0.6 is 0 Å². The fraction of sp³-hybridized carbons (Fsp3) is 0.350. The van der Waals surface area contributed by atoms with Crippen molar-refractivity contribution in [3.8, 4) is 22.6 Å². The molecule has 0 aromatic carbocycles. The van der Waals surface area contributed by atoms with E-state index >= 15 is 0 Å². The second-order valence-electron chi connectivity index (χ2n) is 6.88. The van der Waals surface area contributed by atoms with Crippen molar-refractivity contribution >= 4 is 5.95 Å². The van der Waals surface area contributed by atoms with Gasteiger partial charge in [-0.25, -0.2) is 9.97 Å². The van der Waals surface area contributed by atoms with E-state index in [0.29, 0.717) is 11.7 Å². The van der Waals surface area contributed by atoms with Gasteiger partial charge in [0.05, 0.1) is 12.4 Å². The van der Waals surface area contributed by atoms with E-state index in [1.807, 2.05) is 37.5 Å². The maximum atomic E-state index is 9.98. The highest BCUT2D eigenvalue weighted by Gasteiger charge is 2.26. The quantitative estimate of drug-likeness (QED) is 0.781. The second-order valence-corrected chi connectivity index (χ2v) is 6.88. The lowest BCUT2D eigenvalue weighted by Crippen LogP contribution is -2.42. The molecule has 134 valence electrons. The highest BCUT2D eigenvalue weighted by molar-refractivity contribution is 5.80. The van der Waals surface area contributed by atoms with Crippen LogP contribution in [0.5, 0.6) is 0 Å². The molecule has 3 aromatic heterocycles. The summed E-state index contributed by atoms with van der Waals surface area (Å²) in [6, 6.07) is 5.74. The van der Waals surface area contributed by atoms with Gasteiger partial charge in [0.2, 0.25) is 5.95 Å². The van der Waals surface area contributed by atoms with Gasteiger partial charge < -0.3 is 14.4 Å². The zero-order valence-electron chi connectivity index (χ0n) is 15.0. The number of anilines is 1. The van der Waals surface area contributed by atoms with Gasteiger partial charge >= 0.3 is 0 Å². The number of furan rings is 1. The van der Waals surface area contributed by atoms with Crippen LogP contribution in [0.4, 0.5) is 5.95 Å². The number of piperidine rings is 1. The van der Waals surface area contributed by atoms with Crippen molar-refractivity contribution in [1.29, 1.82) is 0 Å². The average Bonchev–Trinajstić information content (AvgIpc) is 3.19. The Hall–Kier alpha value is -2.73. The molecule has 2 atom stereocenters. The maximum absolute atomic E-state index is 9.98. The number of rotatable bonds is 3. The molecule has 4 rings (SSSR count). The topological polar surface area (TPSA) is 75.3 Å². The average molecular weight is 350 g/mol. The van der Waals surface area contributed by atoms with Crippen LogP contribution in [0.1, 0.15) is 18.9 Å². The fourth-order valence-electron chi connectivity index (χ4n) is 3.41. The van der Waals surface area contributed by atoms with Crippen molar-refractivity contribution in [1.82, 2.24) is 15.0 Å². The van der Waals surface area contributed by atoms with Gasteiger partial charge in [0.15, 0.2) is 5.76 Å². The Kier molecular flexibility index (Phi) is 4.42. The lowest BCUT2D eigenvalue weighted by molar-refractivity contribution is 0.0966. The van der Waals surface area contributed by atoms with E-state index in [1.54, 1.807) is 12.5 Å². The molecular formula is C20H22N4O2. The Labute approximate surface area is 152 Å². The smallest absolute Gasteiger partial charge is 0.226 e. The largest absolute Gasteiger partial charge is 0.463 e. The number of nitrogens with zero attached hydrogens (tertiary/aromatic N) is 4. The van der Waals surface area contributed by atoms with Crippen LogP contribution in [0.3, 0.4) is 0 Å². The molecule has 0 spiro atoms. The van der Waals surface area contributed by atoms with E-state index in [2.05, 4.69) is 21.8 Å². The van der Waals surface area contributed by atoms with Crippen molar-refractivity contribution in [2.45, 2.75) is 26.4 Å². The van der Waals surface area contributed by atoms with E-state index in [4.69, 9.17) is 9.40 Å². The molecule has 0 radical (unpaired) electrons. The molecule has 1 fully saturated rings.